The second kappa shape index (κ2) is 6.95. The van der Waals surface area contributed by atoms with Gasteiger partial charge in [0.15, 0.2) is 0 Å². The molecule has 0 spiro atoms. The highest BCUT2D eigenvalue weighted by molar-refractivity contribution is 5.45. The molecule has 0 saturated carbocycles. The minimum absolute atomic E-state index is 0.191. The molecule has 0 radical (unpaired) electrons. The van der Waals surface area contributed by atoms with Crippen molar-refractivity contribution in [1.29, 1.82) is 0 Å². The van der Waals surface area contributed by atoms with Crippen LogP contribution in [-0.4, -0.2) is 19.8 Å². The summed E-state index contributed by atoms with van der Waals surface area (Å²) in [5.41, 5.74) is 7.34. The van der Waals surface area contributed by atoms with Crippen molar-refractivity contribution in [3.63, 3.8) is 0 Å². The molecule has 3 heteroatoms. The molecule has 2 N–H and O–H groups in total. The van der Waals surface area contributed by atoms with Gasteiger partial charge in [0.05, 0.1) is 26.4 Å². The maximum atomic E-state index is 5.59. The quantitative estimate of drug-likeness (QED) is 0.808. The van der Waals surface area contributed by atoms with Crippen molar-refractivity contribution >= 4 is 0 Å². The number of ether oxygens (including phenoxy) is 2. The van der Waals surface area contributed by atoms with E-state index in [1.54, 1.807) is 7.11 Å². The molecule has 0 amide bonds. The van der Waals surface area contributed by atoms with Crippen LogP contribution in [0.3, 0.4) is 0 Å². The molecule has 0 aromatic heterocycles. The van der Waals surface area contributed by atoms with Gasteiger partial charge in [0.25, 0.3) is 0 Å². The Morgan fingerprint density at radius 3 is 2.71 bits per heavy atom. The summed E-state index contributed by atoms with van der Waals surface area (Å²) in [4.78, 5) is 0. The monoisotopic (exact) mass is 233 g/mol. The molecule has 17 heavy (non-hydrogen) atoms. The van der Waals surface area contributed by atoms with Crippen molar-refractivity contribution in [2.45, 2.75) is 26.6 Å². The van der Waals surface area contributed by atoms with Crippen molar-refractivity contribution in [2.24, 2.45) is 5.73 Å². The molecule has 3 nitrogen and oxygen atoms in total. The second-order valence-electron chi connectivity index (χ2n) is 3.89. The molecule has 0 aliphatic heterocycles. The number of hydrogen-bond donors (Lipinski definition) is 1. The first-order chi connectivity index (χ1) is 8.17. The normalized spacial score (nSPS) is 9.94. The zero-order chi connectivity index (χ0) is 12.7. The van der Waals surface area contributed by atoms with E-state index in [4.69, 9.17) is 15.2 Å². The van der Waals surface area contributed by atoms with E-state index in [0.717, 1.165) is 16.9 Å². The van der Waals surface area contributed by atoms with Gasteiger partial charge in [-0.05, 0) is 37.6 Å². The van der Waals surface area contributed by atoms with E-state index in [0.29, 0.717) is 13.2 Å². The smallest absolute Gasteiger partial charge is 0.119 e. The Labute approximate surface area is 103 Å². The largest absolute Gasteiger partial charge is 0.497 e. The fraction of sp³-hybridized carbons (Fsp3) is 0.429. The highest BCUT2D eigenvalue weighted by atomic mass is 16.5. The first-order valence-corrected chi connectivity index (χ1v) is 5.64. The third kappa shape index (κ3) is 4.48. The molecule has 0 aliphatic carbocycles. The first kappa shape index (κ1) is 13.6. The van der Waals surface area contributed by atoms with Crippen molar-refractivity contribution < 1.29 is 9.47 Å². The maximum absolute atomic E-state index is 5.59. The topological polar surface area (TPSA) is 44.5 Å². The first-order valence-electron chi connectivity index (χ1n) is 5.64. The van der Waals surface area contributed by atoms with Gasteiger partial charge in [0.2, 0.25) is 0 Å². The van der Waals surface area contributed by atoms with Gasteiger partial charge < -0.3 is 15.2 Å². The molecule has 1 aromatic rings. The van der Waals surface area contributed by atoms with Crippen molar-refractivity contribution in [3.05, 3.63) is 29.3 Å². The van der Waals surface area contributed by atoms with E-state index in [1.165, 1.54) is 0 Å². The number of rotatable bonds is 4. The maximum Gasteiger partial charge on any atom is 0.119 e. The molecule has 1 aromatic carbocycles. The Kier molecular flexibility index (Phi) is 5.55. The van der Waals surface area contributed by atoms with Crippen LogP contribution < -0.4 is 10.5 Å². The average Bonchev–Trinajstić information content (AvgIpc) is 2.34. The fourth-order valence-electron chi connectivity index (χ4n) is 1.34. The predicted molar refractivity (Wildman–Crippen MR) is 68.9 cm³/mol. The van der Waals surface area contributed by atoms with Crippen LogP contribution in [0.15, 0.2) is 18.2 Å². The van der Waals surface area contributed by atoms with E-state index >= 15 is 0 Å². The molecular formula is C14H19NO2. The van der Waals surface area contributed by atoms with Gasteiger partial charge in [-0.1, -0.05) is 11.8 Å². The Morgan fingerprint density at radius 1 is 1.35 bits per heavy atom. The lowest BCUT2D eigenvalue weighted by Gasteiger charge is -2.10. The van der Waals surface area contributed by atoms with Crippen molar-refractivity contribution in [3.8, 4) is 17.6 Å². The van der Waals surface area contributed by atoms with Gasteiger partial charge >= 0.3 is 0 Å². The van der Waals surface area contributed by atoms with E-state index < -0.39 is 0 Å². The SMILES string of the molecule is COc1ccc(C#CCN)c(COC(C)C)c1. The summed E-state index contributed by atoms with van der Waals surface area (Å²) >= 11 is 0. The third-order valence-electron chi connectivity index (χ3n) is 2.21. The highest BCUT2D eigenvalue weighted by Gasteiger charge is 2.04. The Morgan fingerprint density at radius 2 is 2.12 bits per heavy atom. The summed E-state index contributed by atoms with van der Waals surface area (Å²) in [6.07, 6.45) is 0.191. The number of hydrogen-bond acceptors (Lipinski definition) is 3. The lowest BCUT2D eigenvalue weighted by Crippen LogP contribution is -2.04. The summed E-state index contributed by atoms with van der Waals surface area (Å²) in [6, 6.07) is 5.77. The van der Waals surface area contributed by atoms with Crippen molar-refractivity contribution in [1.82, 2.24) is 0 Å². The second-order valence-corrected chi connectivity index (χ2v) is 3.89. The summed E-state index contributed by atoms with van der Waals surface area (Å²) in [5.74, 6) is 6.70. The lowest BCUT2D eigenvalue weighted by molar-refractivity contribution is 0.0655. The molecule has 0 bridgehead atoms. The highest BCUT2D eigenvalue weighted by Crippen LogP contribution is 2.18. The van der Waals surface area contributed by atoms with Crippen LogP contribution in [0, 0.1) is 11.8 Å². The number of nitrogens with two attached hydrogens (primary N) is 1. The number of methoxy groups -OCH3 is 1. The number of benzene rings is 1. The van der Waals surface area contributed by atoms with E-state index in [-0.39, 0.29) is 6.10 Å². The molecule has 0 atom stereocenters. The molecule has 92 valence electrons. The summed E-state index contributed by atoms with van der Waals surface area (Å²) in [5, 5.41) is 0. The minimum Gasteiger partial charge on any atom is -0.497 e. The van der Waals surface area contributed by atoms with Crippen LogP contribution in [0.2, 0.25) is 0 Å². The van der Waals surface area contributed by atoms with Crippen LogP contribution in [0.4, 0.5) is 0 Å². The van der Waals surface area contributed by atoms with Gasteiger partial charge in [-0.2, -0.15) is 0 Å². The molecule has 1 rings (SSSR count). The average molecular weight is 233 g/mol. The van der Waals surface area contributed by atoms with Gasteiger partial charge in [-0.15, -0.1) is 0 Å². The molecule has 0 saturated heterocycles. The molecule has 0 fully saturated rings. The van der Waals surface area contributed by atoms with Gasteiger partial charge in [0, 0.05) is 5.56 Å². The summed E-state index contributed by atoms with van der Waals surface area (Å²) in [6.45, 7) is 4.90. The Balaban J connectivity index is 2.94. The minimum atomic E-state index is 0.191. The van der Waals surface area contributed by atoms with Gasteiger partial charge in [-0.3, -0.25) is 0 Å². The van der Waals surface area contributed by atoms with Crippen LogP contribution in [0.25, 0.3) is 0 Å². The predicted octanol–water partition coefficient (Wildman–Crippen LogP) is 1.93. The third-order valence-corrected chi connectivity index (χ3v) is 2.21. The van der Waals surface area contributed by atoms with Gasteiger partial charge in [-0.25, -0.2) is 0 Å². The molecule has 0 heterocycles. The van der Waals surface area contributed by atoms with Crippen LogP contribution in [0.1, 0.15) is 25.0 Å². The van der Waals surface area contributed by atoms with Crippen LogP contribution >= 0.6 is 0 Å². The Bertz CT molecular complexity index is 416. The summed E-state index contributed by atoms with van der Waals surface area (Å²) in [7, 11) is 1.65. The zero-order valence-corrected chi connectivity index (χ0v) is 10.6. The van der Waals surface area contributed by atoms with E-state index in [1.807, 2.05) is 32.0 Å². The summed E-state index contributed by atoms with van der Waals surface area (Å²) < 4.78 is 10.8. The standard InChI is InChI=1S/C14H19NO2/c1-11(2)17-10-13-9-14(16-3)7-6-12(13)5-4-8-15/h6-7,9,11H,8,10,15H2,1-3H3. The molecular weight excluding hydrogens is 214 g/mol. The van der Waals surface area contributed by atoms with Crippen LogP contribution in [0.5, 0.6) is 5.75 Å². The fourth-order valence-corrected chi connectivity index (χ4v) is 1.34. The van der Waals surface area contributed by atoms with E-state index in [2.05, 4.69) is 11.8 Å². The molecule has 0 unspecified atom stereocenters. The van der Waals surface area contributed by atoms with Crippen molar-refractivity contribution in [2.75, 3.05) is 13.7 Å². The lowest BCUT2D eigenvalue weighted by atomic mass is 10.1. The molecule has 0 aliphatic rings. The van der Waals surface area contributed by atoms with Gasteiger partial charge in [0.1, 0.15) is 5.75 Å². The zero-order valence-electron chi connectivity index (χ0n) is 10.6. The Hall–Kier alpha value is -1.50. The van der Waals surface area contributed by atoms with Crippen LogP contribution in [-0.2, 0) is 11.3 Å². The van der Waals surface area contributed by atoms with E-state index in [9.17, 15) is 0 Å².